The SMILES string of the molecule is O=C(C=CC(F)(F)CCCCN1CCOCC1)Nc1ccc2ncnc(Nc3cc4cn(Cc5ccccc5)nc4c4ccccc34)c2c1. The first kappa shape index (κ1) is 32.3. The quantitative estimate of drug-likeness (QED) is 0.103. The van der Waals surface area contributed by atoms with Crippen molar-refractivity contribution in [3.63, 3.8) is 0 Å². The highest BCUT2D eigenvalue weighted by atomic mass is 19.3. The molecular weight excluding hydrogens is 624 g/mol. The molecule has 0 unspecified atom stereocenters. The fourth-order valence-corrected chi connectivity index (χ4v) is 6.21. The van der Waals surface area contributed by atoms with E-state index in [1.54, 1.807) is 18.2 Å². The Morgan fingerprint density at radius 2 is 1.71 bits per heavy atom. The van der Waals surface area contributed by atoms with Gasteiger partial charge in [-0.05, 0) is 55.3 Å². The molecule has 49 heavy (non-hydrogen) atoms. The van der Waals surface area contributed by atoms with Gasteiger partial charge < -0.3 is 15.4 Å². The van der Waals surface area contributed by atoms with E-state index in [1.165, 1.54) is 6.33 Å². The van der Waals surface area contributed by atoms with E-state index in [0.717, 1.165) is 58.6 Å². The maximum Gasteiger partial charge on any atom is 0.266 e. The maximum atomic E-state index is 14.5. The number of allylic oxidation sites excluding steroid dienone is 1. The zero-order valence-electron chi connectivity index (χ0n) is 27.0. The Morgan fingerprint density at radius 1 is 0.918 bits per heavy atom. The molecule has 9 nitrogen and oxygen atoms in total. The Labute approximate surface area is 282 Å². The van der Waals surface area contributed by atoms with Gasteiger partial charge in [-0.25, -0.2) is 18.7 Å². The van der Waals surface area contributed by atoms with Crippen LogP contribution < -0.4 is 10.6 Å². The normalized spacial score (nSPS) is 14.2. The second kappa shape index (κ2) is 14.5. The number of nitrogens with zero attached hydrogens (tertiary/aromatic N) is 5. The summed E-state index contributed by atoms with van der Waals surface area (Å²) in [6.45, 7) is 4.47. The minimum Gasteiger partial charge on any atom is -0.379 e. The molecule has 11 heteroatoms. The summed E-state index contributed by atoms with van der Waals surface area (Å²) in [5.41, 5.74) is 4.01. The molecular formula is C38H37F2N7O2. The van der Waals surface area contributed by atoms with E-state index in [0.29, 0.717) is 61.1 Å². The molecule has 7 rings (SSSR count). The summed E-state index contributed by atoms with van der Waals surface area (Å²) in [5, 5.41) is 14.7. The van der Waals surface area contributed by atoms with Crippen molar-refractivity contribution in [2.24, 2.45) is 0 Å². The van der Waals surface area contributed by atoms with Gasteiger partial charge in [0.05, 0.1) is 25.3 Å². The second-order valence-electron chi connectivity index (χ2n) is 12.3. The lowest BCUT2D eigenvalue weighted by Crippen LogP contribution is -2.36. The lowest BCUT2D eigenvalue weighted by molar-refractivity contribution is -0.112. The summed E-state index contributed by atoms with van der Waals surface area (Å²) in [5.74, 6) is -3.16. The molecule has 1 aliphatic heterocycles. The summed E-state index contributed by atoms with van der Waals surface area (Å²) in [6, 6.07) is 25.5. The van der Waals surface area contributed by atoms with Crippen molar-refractivity contribution < 1.29 is 18.3 Å². The van der Waals surface area contributed by atoms with Gasteiger partial charge in [-0.15, -0.1) is 0 Å². The number of benzene rings is 4. The van der Waals surface area contributed by atoms with Gasteiger partial charge in [0.2, 0.25) is 5.91 Å². The number of anilines is 3. The average Bonchev–Trinajstić information content (AvgIpc) is 3.53. The summed E-state index contributed by atoms with van der Waals surface area (Å²) in [6.07, 6.45) is 5.85. The highest BCUT2D eigenvalue weighted by molar-refractivity contribution is 6.12. The number of fused-ring (bicyclic) bond motifs is 4. The second-order valence-corrected chi connectivity index (χ2v) is 12.3. The number of rotatable bonds is 12. The number of halogens is 2. The number of nitrogens with one attached hydrogen (secondary N) is 2. The van der Waals surface area contributed by atoms with E-state index in [2.05, 4.69) is 49.8 Å². The topological polar surface area (TPSA) is 97.2 Å². The molecule has 0 bridgehead atoms. The molecule has 1 aliphatic rings. The van der Waals surface area contributed by atoms with Gasteiger partial charge in [0.25, 0.3) is 5.92 Å². The summed E-state index contributed by atoms with van der Waals surface area (Å²) >= 11 is 0. The fourth-order valence-electron chi connectivity index (χ4n) is 6.21. The van der Waals surface area contributed by atoms with Crippen LogP contribution in [0.4, 0.5) is 26.0 Å². The van der Waals surface area contributed by atoms with Gasteiger partial charge in [0.1, 0.15) is 17.7 Å². The molecule has 4 aromatic carbocycles. The predicted octanol–water partition coefficient (Wildman–Crippen LogP) is 7.56. The van der Waals surface area contributed by atoms with Crippen molar-refractivity contribution in [3.8, 4) is 0 Å². The number of alkyl halides is 2. The first-order chi connectivity index (χ1) is 23.9. The standard InChI is InChI=1S/C38H37F2N7O2/c39-38(40,15-6-7-17-46-18-20-49-21-19-46)16-14-35(48)43-29-12-13-33-32(23-29)37(42-26-41-33)44-34-22-28-25-47(24-27-8-2-1-3-9-27)45-36(28)31-11-5-4-10-30(31)34/h1-5,8-14,16,22-23,25-26H,6-7,15,17-21,24H2,(H,43,48)(H,41,42,44). The number of hydrogen-bond donors (Lipinski definition) is 2. The number of morpholine rings is 1. The third-order valence-electron chi connectivity index (χ3n) is 8.72. The summed E-state index contributed by atoms with van der Waals surface area (Å²) in [7, 11) is 0. The van der Waals surface area contributed by atoms with Crippen molar-refractivity contribution in [1.82, 2.24) is 24.6 Å². The summed E-state index contributed by atoms with van der Waals surface area (Å²) < 4.78 is 36.3. The predicted molar refractivity (Wildman–Crippen MR) is 189 cm³/mol. The van der Waals surface area contributed by atoms with Gasteiger partial charge in [0.15, 0.2) is 0 Å². The Kier molecular flexibility index (Phi) is 9.54. The lowest BCUT2D eigenvalue weighted by atomic mass is 10.1. The molecule has 1 saturated heterocycles. The van der Waals surface area contributed by atoms with Crippen LogP contribution in [0.5, 0.6) is 0 Å². The molecule has 6 aromatic rings. The number of hydrogen-bond acceptors (Lipinski definition) is 7. The average molecular weight is 662 g/mol. The van der Waals surface area contributed by atoms with E-state index in [-0.39, 0.29) is 6.42 Å². The van der Waals surface area contributed by atoms with Crippen molar-refractivity contribution in [1.29, 1.82) is 0 Å². The number of amides is 1. The Bertz CT molecular complexity index is 2110. The molecule has 0 radical (unpaired) electrons. The largest absolute Gasteiger partial charge is 0.379 e. The fraction of sp³-hybridized carbons (Fsp3) is 0.263. The number of unbranched alkanes of at least 4 members (excludes halogenated alkanes) is 1. The zero-order chi connectivity index (χ0) is 33.6. The van der Waals surface area contributed by atoms with Crippen LogP contribution in [0.2, 0.25) is 0 Å². The van der Waals surface area contributed by atoms with Crippen LogP contribution in [0.15, 0.2) is 104 Å². The lowest BCUT2D eigenvalue weighted by Gasteiger charge is -2.26. The third-order valence-corrected chi connectivity index (χ3v) is 8.72. The molecule has 1 fully saturated rings. The number of carbonyl (C=O) groups excluding carboxylic acids is 1. The van der Waals surface area contributed by atoms with Crippen molar-refractivity contribution in [3.05, 3.63) is 109 Å². The van der Waals surface area contributed by atoms with Crippen LogP contribution in [-0.4, -0.2) is 69.3 Å². The van der Waals surface area contributed by atoms with E-state index < -0.39 is 11.8 Å². The Balaban J connectivity index is 1.06. The van der Waals surface area contributed by atoms with Crippen molar-refractivity contribution in [2.45, 2.75) is 31.7 Å². The molecule has 250 valence electrons. The first-order valence-electron chi connectivity index (χ1n) is 16.5. The van der Waals surface area contributed by atoms with E-state index in [4.69, 9.17) is 9.84 Å². The van der Waals surface area contributed by atoms with Crippen LogP contribution in [0, 0.1) is 0 Å². The van der Waals surface area contributed by atoms with Crippen LogP contribution in [-0.2, 0) is 16.1 Å². The van der Waals surface area contributed by atoms with Crippen LogP contribution >= 0.6 is 0 Å². The molecule has 2 N–H and O–H groups in total. The van der Waals surface area contributed by atoms with Gasteiger partial charge >= 0.3 is 0 Å². The smallest absolute Gasteiger partial charge is 0.266 e. The molecule has 0 aliphatic carbocycles. The molecule has 2 aromatic heterocycles. The minimum atomic E-state index is -3.07. The van der Waals surface area contributed by atoms with Gasteiger partial charge in [-0.2, -0.15) is 5.10 Å². The van der Waals surface area contributed by atoms with E-state index in [1.807, 2.05) is 47.3 Å². The van der Waals surface area contributed by atoms with Gasteiger partial charge in [-0.1, -0.05) is 54.6 Å². The molecule has 1 amide bonds. The van der Waals surface area contributed by atoms with Crippen LogP contribution in [0.3, 0.4) is 0 Å². The molecule has 3 heterocycles. The van der Waals surface area contributed by atoms with E-state index >= 15 is 0 Å². The number of aromatic nitrogens is 4. The highest BCUT2D eigenvalue weighted by Crippen LogP contribution is 2.34. The highest BCUT2D eigenvalue weighted by Gasteiger charge is 2.25. The number of ether oxygens (including phenoxy) is 1. The van der Waals surface area contributed by atoms with Crippen molar-refractivity contribution in [2.75, 3.05) is 43.5 Å². The Morgan fingerprint density at radius 3 is 2.55 bits per heavy atom. The molecule has 0 atom stereocenters. The summed E-state index contributed by atoms with van der Waals surface area (Å²) in [4.78, 5) is 23.8. The zero-order valence-corrected chi connectivity index (χ0v) is 27.0. The van der Waals surface area contributed by atoms with Gasteiger partial charge in [0, 0.05) is 64.7 Å². The third kappa shape index (κ3) is 7.90. The molecule has 0 spiro atoms. The minimum absolute atomic E-state index is 0.308. The molecule has 0 saturated carbocycles. The Hall–Kier alpha value is -5.26. The van der Waals surface area contributed by atoms with Crippen LogP contribution in [0.25, 0.3) is 32.6 Å². The van der Waals surface area contributed by atoms with E-state index in [9.17, 15) is 13.6 Å². The van der Waals surface area contributed by atoms with Crippen LogP contribution in [0.1, 0.15) is 24.8 Å². The van der Waals surface area contributed by atoms with Crippen molar-refractivity contribution >= 4 is 55.7 Å². The monoisotopic (exact) mass is 661 g/mol. The first-order valence-corrected chi connectivity index (χ1v) is 16.5. The maximum absolute atomic E-state index is 14.5. The number of carbonyl (C=O) groups is 1. The van der Waals surface area contributed by atoms with Gasteiger partial charge in [-0.3, -0.25) is 14.4 Å².